The van der Waals surface area contributed by atoms with Crippen LogP contribution in [0, 0.1) is 20.8 Å². The van der Waals surface area contributed by atoms with Crippen molar-refractivity contribution in [3.63, 3.8) is 0 Å². The Morgan fingerprint density at radius 2 is 1.92 bits per heavy atom. The van der Waals surface area contributed by atoms with E-state index in [1.807, 2.05) is 31.6 Å². The van der Waals surface area contributed by atoms with E-state index in [0.717, 1.165) is 21.4 Å². The highest BCUT2D eigenvalue weighted by atomic mass is 79.9. The number of rotatable bonds is 5. The molecule has 0 bridgehead atoms. The minimum absolute atomic E-state index is 0.127. The van der Waals surface area contributed by atoms with Gasteiger partial charge < -0.3 is 5.32 Å². The lowest BCUT2D eigenvalue weighted by molar-refractivity contribution is -0.119. The van der Waals surface area contributed by atoms with E-state index in [9.17, 15) is 4.79 Å². The van der Waals surface area contributed by atoms with Crippen molar-refractivity contribution >= 4 is 27.5 Å². The largest absolute Gasteiger partial charge is 0.322 e. The molecule has 0 aliphatic rings. The van der Waals surface area contributed by atoms with E-state index in [1.54, 1.807) is 10.9 Å². The van der Waals surface area contributed by atoms with Gasteiger partial charge in [-0.2, -0.15) is 10.2 Å². The second-order valence-electron chi connectivity index (χ2n) is 6.51. The molecule has 1 N–H and O–H groups in total. The lowest BCUT2D eigenvalue weighted by Crippen LogP contribution is -2.25. The first-order valence-electron chi connectivity index (χ1n) is 8.45. The van der Waals surface area contributed by atoms with Crippen LogP contribution in [-0.4, -0.2) is 25.5 Å². The zero-order valence-corrected chi connectivity index (χ0v) is 16.9. The van der Waals surface area contributed by atoms with Crippen molar-refractivity contribution in [3.05, 3.63) is 63.6 Å². The predicted octanol–water partition coefficient (Wildman–Crippen LogP) is 4.02. The Kier molecular flexibility index (Phi) is 5.27. The van der Waals surface area contributed by atoms with Gasteiger partial charge in [-0.25, -0.2) is 0 Å². The molecule has 136 valence electrons. The van der Waals surface area contributed by atoms with Gasteiger partial charge in [-0.1, -0.05) is 29.8 Å². The molecule has 2 aromatic heterocycles. The fraction of sp³-hybridized carbons (Fsp3) is 0.316. The van der Waals surface area contributed by atoms with Crippen LogP contribution in [0.2, 0.25) is 0 Å². The second-order valence-corrected chi connectivity index (χ2v) is 7.30. The summed E-state index contributed by atoms with van der Waals surface area (Å²) in [6, 6.07) is 7.90. The molecule has 0 saturated carbocycles. The number of carbonyl (C=O) groups excluding carboxylic acids is 1. The van der Waals surface area contributed by atoms with E-state index >= 15 is 0 Å². The van der Waals surface area contributed by atoms with Crippen LogP contribution in [0.25, 0.3) is 0 Å². The third kappa shape index (κ3) is 3.88. The SMILES string of the molecule is Cc1ccc(Cn2cc(NC(=O)C(C)n3nc(C)c(Br)c3C)cn2)cc1. The number of hydrogen-bond donors (Lipinski definition) is 1. The molecule has 1 amide bonds. The zero-order valence-electron chi connectivity index (χ0n) is 15.3. The highest BCUT2D eigenvalue weighted by Gasteiger charge is 2.20. The third-order valence-corrected chi connectivity index (χ3v) is 5.50. The molecule has 7 heteroatoms. The van der Waals surface area contributed by atoms with E-state index in [0.29, 0.717) is 12.2 Å². The molecule has 6 nitrogen and oxygen atoms in total. The molecule has 0 spiro atoms. The maximum atomic E-state index is 12.6. The molecule has 3 rings (SSSR count). The molecule has 0 aliphatic heterocycles. The van der Waals surface area contributed by atoms with Crippen molar-refractivity contribution in [3.8, 4) is 0 Å². The summed E-state index contributed by atoms with van der Waals surface area (Å²) >= 11 is 3.50. The molecular weight excluding hydrogens is 394 g/mol. The van der Waals surface area contributed by atoms with Crippen molar-refractivity contribution in [2.24, 2.45) is 0 Å². The Bertz CT molecular complexity index is 926. The molecule has 0 saturated heterocycles. The minimum Gasteiger partial charge on any atom is -0.322 e. The molecule has 3 aromatic rings. The van der Waals surface area contributed by atoms with Gasteiger partial charge in [0, 0.05) is 6.20 Å². The van der Waals surface area contributed by atoms with Gasteiger partial charge in [0.2, 0.25) is 5.91 Å². The van der Waals surface area contributed by atoms with Crippen molar-refractivity contribution < 1.29 is 4.79 Å². The summed E-state index contributed by atoms with van der Waals surface area (Å²) < 4.78 is 4.47. The predicted molar refractivity (Wildman–Crippen MR) is 105 cm³/mol. The molecule has 2 heterocycles. The number of aryl methyl sites for hydroxylation is 2. The highest BCUT2D eigenvalue weighted by Crippen LogP contribution is 2.23. The van der Waals surface area contributed by atoms with Crippen LogP contribution in [0.3, 0.4) is 0 Å². The summed E-state index contributed by atoms with van der Waals surface area (Å²) in [4.78, 5) is 12.6. The normalized spacial score (nSPS) is 12.2. The fourth-order valence-corrected chi connectivity index (χ4v) is 3.03. The summed E-state index contributed by atoms with van der Waals surface area (Å²) in [5, 5.41) is 11.7. The maximum absolute atomic E-state index is 12.6. The summed E-state index contributed by atoms with van der Waals surface area (Å²) in [5.41, 5.74) is 4.87. The van der Waals surface area contributed by atoms with E-state index in [2.05, 4.69) is 62.6 Å². The second kappa shape index (κ2) is 7.45. The number of anilines is 1. The average molecular weight is 416 g/mol. The number of halogens is 1. The number of nitrogens with zero attached hydrogens (tertiary/aromatic N) is 4. The molecule has 1 unspecified atom stereocenters. The topological polar surface area (TPSA) is 64.7 Å². The summed E-state index contributed by atoms with van der Waals surface area (Å²) in [7, 11) is 0. The van der Waals surface area contributed by atoms with Crippen LogP contribution in [0.1, 0.15) is 35.5 Å². The summed E-state index contributed by atoms with van der Waals surface area (Å²) in [6.07, 6.45) is 3.50. The summed E-state index contributed by atoms with van der Waals surface area (Å²) in [5.74, 6) is -0.127. The Morgan fingerprint density at radius 3 is 2.54 bits per heavy atom. The van der Waals surface area contributed by atoms with Crippen LogP contribution in [-0.2, 0) is 11.3 Å². The van der Waals surface area contributed by atoms with Crippen LogP contribution in [0.5, 0.6) is 0 Å². The summed E-state index contributed by atoms with van der Waals surface area (Å²) in [6.45, 7) is 8.41. The number of nitrogens with one attached hydrogen (secondary N) is 1. The van der Waals surface area contributed by atoms with Crippen LogP contribution < -0.4 is 5.32 Å². The first kappa shape index (κ1) is 18.4. The Morgan fingerprint density at radius 1 is 1.23 bits per heavy atom. The lowest BCUT2D eigenvalue weighted by atomic mass is 10.1. The van der Waals surface area contributed by atoms with Crippen LogP contribution >= 0.6 is 15.9 Å². The van der Waals surface area contributed by atoms with E-state index in [1.165, 1.54) is 5.56 Å². The third-order valence-electron chi connectivity index (χ3n) is 4.35. The Labute approximate surface area is 161 Å². The first-order valence-corrected chi connectivity index (χ1v) is 9.24. The molecule has 26 heavy (non-hydrogen) atoms. The van der Waals surface area contributed by atoms with Gasteiger partial charge in [0.05, 0.1) is 34.3 Å². The van der Waals surface area contributed by atoms with Gasteiger partial charge in [-0.15, -0.1) is 0 Å². The van der Waals surface area contributed by atoms with Crippen LogP contribution in [0.4, 0.5) is 5.69 Å². The van der Waals surface area contributed by atoms with Gasteiger partial charge in [0.15, 0.2) is 0 Å². The molecule has 0 aliphatic carbocycles. The Hall–Kier alpha value is -2.41. The average Bonchev–Trinajstić information content (AvgIpc) is 3.15. The first-order chi connectivity index (χ1) is 12.3. The van der Waals surface area contributed by atoms with E-state index in [4.69, 9.17) is 0 Å². The minimum atomic E-state index is -0.416. The van der Waals surface area contributed by atoms with Crippen LogP contribution in [0.15, 0.2) is 41.1 Å². The number of amides is 1. The molecule has 1 aromatic carbocycles. The standard InChI is InChI=1S/C19H22BrN5O/c1-12-5-7-16(8-6-12)10-24-11-17(9-21-24)22-19(26)15(4)25-14(3)18(20)13(2)23-25/h5-9,11,15H,10H2,1-4H3,(H,22,26). The monoisotopic (exact) mass is 415 g/mol. The van der Waals surface area contributed by atoms with E-state index < -0.39 is 6.04 Å². The smallest absolute Gasteiger partial charge is 0.249 e. The quantitative estimate of drug-likeness (QED) is 0.684. The van der Waals surface area contributed by atoms with Crippen molar-refractivity contribution in [1.29, 1.82) is 0 Å². The zero-order chi connectivity index (χ0) is 18.8. The molecule has 0 radical (unpaired) electrons. The molecule has 1 atom stereocenters. The number of carbonyl (C=O) groups is 1. The van der Waals surface area contributed by atoms with Gasteiger partial charge >= 0.3 is 0 Å². The van der Waals surface area contributed by atoms with E-state index in [-0.39, 0.29) is 5.91 Å². The molecule has 0 fully saturated rings. The molecular formula is C19H22BrN5O. The van der Waals surface area contributed by atoms with Gasteiger partial charge in [0.1, 0.15) is 6.04 Å². The van der Waals surface area contributed by atoms with Gasteiger partial charge in [0.25, 0.3) is 0 Å². The van der Waals surface area contributed by atoms with Crippen molar-refractivity contribution in [2.45, 2.75) is 40.3 Å². The number of benzene rings is 1. The maximum Gasteiger partial charge on any atom is 0.249 e. The lowest BCUT2D eigenvalue weighted by Gasteiger charge is -2.13. The van der Waals surface area contributed by atoms with Crippen molar-refractivity contribution in [2.75, 3.05) is 5.32 Å². The fourth-order valence-electron chi connectivity index (χ4n) is 2.77. The Balaban J connectivity index is 1.67. The van der Waals surface area contributed by atoms with Gasteiger partial charge in [-0.3, -0.25) is 14.2 Å². The highest BCUT2D eigenvalue weighted by molar-refractivity contribution is 9.10. The van der Waals surface area contributed by atoms with Crippen molar-refractivity contribution in [1.82, 2.24) is 19.6 Å². The van der Waals surface area contributed by atoms with Gasteiger partial charge in [-0.05, 0) is 49.2 Å². The number of aromatic nitrogens is 4. The number of hydrogen-bond acceptors (Lipinski definition) is 3.